The smallest absolute Gasteiger partial charge is 0.322 e. The Morgan fingerprint density at radius 2 is 2.12 bits per heavy atom. The summed E-state index contributed by atoms with van der Waals surface area (Å²) in [6.45, 7) is 0. The molecule has 1 aromatic carbocycles. The summed E-state index contributed by atoms with van der Waals surface area (Å²) in [6.07, 6.45) is 0. The van der Waals surface area contributed by atoms with Crippen molar-refractivity contribution < 1.29 is 14.3 Å². The van der Waals surface area contributed by atoms with Gasteiger partial charge in [-0.15, -0.1) is 0 Å². The normalized spacial score (nSPS) is 14.8. The first-order chi connectivity index (χ1) is 7.43. The first-order valence-corrected chi connectivity index (χ1v) is 4.83. The lowest BCUT2D eigenvalue weighted by Gasteiger charge is -2.27. The maximum absolute atomic E-state index is 13.0. The minimum Gasteiger partial charge on any atom is -0.480 e. The van der Waals surface area contributed by atoms with E-state index in [1.54, 1.807) is 25.1 Å². The number of carboxylic acid groups (broad SMARTS) is 1. The molecule has 0 radical (unpaired) electrons. The van der Waals surface area contributed by atoms with Crippen LogP contribution < -0.4 is 5.73 Å². The zero-order valence-electron chi connectivity index (χ0n) is 9.22. The highest BCUT2D eigenvalue weighted by molar-refractivity contribution is 5.74. The highest BCUT2D eigenvalue weighted by Gasteiger charge is 2.27. The molecule has 0 bridgehead atoms. The van der Waals surface area contributed by atoms with E-state index in [2.05, 4.69) is 0 Å². The maximum atomic E-state index is 13.0. The molecule has 0 saturated carbocycles. The van der Waals surface area contributed by atoms with E-state index in [-0.39, 0.29) is 0 Å². The summed E-state index contributed by atoms with van der Waals surface area (Å²) < 4.78 is 13.0. The Morgan fingerprint density at radius 1 is 1.50 bits per heavy atom. The molecule has 16 heavy (non-hydrogen) atoms. The molecule has 0 aliphatic carbocycles. The molecule has 1 rings (SSSR count). The number of benzene rings is 1. The van der Waals surface area contributed by atoms with Crippen LogP contribution in [0.2, 0.25) is 0 Å². The van der Waals surface area contributed by atoms with Crippen LogP contribution in [0.15, 0.2) is 24.3 Å². The molecule has 2 atom stereocenters. The highest BCUT2D eigenvalue weighted by Crippen LogP contribution is 2.21. The number of nitrogens with two attached hydrogens (primary N) is 1. The lowest BCUT2D eigenvalue weighted by atomic mass is 9.99. The Balaban J connectivity index is 3.07. The average Bonchev–Trinajstić information content (AvgIpc) is 2.17. The number of aliphatic carboxylic acids is 1. The third kappa shape index (κ3) is 2.77. The minimum absolute atomic E-state index is 0.401. The summed E-state index contributed by atoms with van der Waals surface area (Å²) in [5.74, 6) is -1.51. The second-order valence-corrected chi connectivity index (χ2v) is 3.83. The molecule has 88 valence electrons. The van der Waals surface area contributed by atoms with Gasteiger partial charge in [-0.1, -0.05) is 12.1 Å². The minimum atomic E-state index is -1.11. The number of carboxylic acids is 1. The molecule has 3 N–H and O–H groups in total. The van der Waals surface area contributed by atoms with Gasteiger partial charge in [-0.2, -0.15) is 0 Å². The number of rotatable bonds is 4. The lowest BCUT2D eigenvalue weighted by molar-refractivity contribution is -0.140. The van der Waals surface area contributed by atoms with Crippen molar-refractivity contribution in [2.45, 2.75) is 12.1 Å². The fourth-order valence-corrected chi connectivity index (χ4v) is 1.65. The number of hydrogen-bond acceptors (Lipinski definition) is 3. The molecule has 0 aliphatic rings. The van der Waals surface area contributed by atoms with E-state index in [1.165, 1.54) is 18.2 Å². The molecular weight excluding hydrogens is 211 g/mol. The summed E-state index contributed by atoms with van der Waals surface area (Å²) in [5, 5.41) is 8.89. The number of nitrogens with zero attached hydrogens (tertiary/aromatic N) is 1. The first kappa shape index (κ1) is 12.6. The third-order valence-electron chi connectivity index (χ3n) is 2.37. The van der Waals surface area contributed by atoms with Gasteiger partial charge >= 0.3 is 5.97 Å². The fraction of sp³-hybridized carbons (Fsp3) is 0.364. The van der Waals surface area contributed by atoms with Crippen LogP contribution in [0.5, 0.6) is 0 Å². The molecule has 0 amide bonds. The second-order valence-electron chi connectivity index (χ2n) is 3.83. The van der Waals surface area contributed by atoms with Crippen LogP contribution in [0, 0.1) is 5.82 Å². The predicted molar refractivity (Wildman–Crippen MR) is 58.4 cm³/mol. The summed E-state index contributed by atoms with van der Waals surface area (Å²) in [5.41, 5.74) is 6.14. The third-order valence-corrected chi connectivity index (χ3v) is 2.37. The van der Waals surface area contributed by atoms with Gasteiger partial charge in [-0.05, 0) is 31.8 Å². The van der Waals surface area contributed by atoms with Crippen molar-refractivity contribution in [1.82, 2.24) is 4.90 Å². The number of halogens is 1. The molecule has 0 spiro atoms. The molecule has 0 saturated heterocycles. The molecule has 0 aromatic heterocycles. The Kier molecular flexibility index (Phi) is 3.98. The van der Waals surface area contributed by atoms with Crippen LogP contribution >= 0.6 is 0 Å². The molecule has 4 nitrogen and oxygen atoms in total. The zero-order valence-corrected chi connectivity index (χ0v) is 9.22. The lowest BCUT2D eigenvalue weighted by Crippen LogP contribution is -2.43. The molecule has 0 fully saturated rings. The Bertz CT molecular complexity index is 382. The van der Waals surface area contributed by atoms with E-state index < -0.39 is 23.9 Å². The van der Waals surface area contributed by atoms with Crippen molar-refractivity contribution in [3.05, 3.63) is 35.6 Å². The van der Waals surface area contributed by atoms with E-state index in [0.29, 0.717) is 5.56 Å². The quantitative estimate of drug-likeness (QED) is 0.798. The van der Waals surface area contributed by atoms with Crippen LogP contribution in [0.3, 0.4) is 0 Å². The van der Waals surface area contributed by atoms with E-state index in [1.807, 2.05) is 0 Å². The zero-order chi connectivity index (χ0) is 12.3. The SMILES string of the molecule is CN(C)C(c1cccc(F)c1)C(N)C(=O)O. The number of carbonyl (C=O) groups is 1. The van der Waals surface area contributed by atoms with Crippen molar-refractivity contribution in [2.24, 2.45) is 5.73 Å². The van der Waals surface area contributed by atoms with Crippen molar-refractivity contribution >= 4 is 5.97 Å². The average molecular weight is 226 g/mol. The van der Waals surface area contributed by atoms with Gasteiger partial charge in [0.2, 0.25) is 0 Å². The molecular formula is C11H15FN2O2. The second kappa shape index (κ2) is 5.05. The number of likely N-dealkylation sites (N-methyl/N-ethyl adjacent to an activating group) is 1. The van der Waals surface area contributed by atoms with Crippen molar-refractivity contribution in [2.75, 3.05) is 14.1 Å². The van der Waals surface area contributed by atoms with Gasteiger partial charge in [0.05, 0.1) is 6.04 Å². The fourth-order valence-electron chi connectivity index (χ4n) is 1.65. The van der Waals surface area contributed by atoms with Gasteiger partial charge < -0.3 is 15.7 Å². The molecule has 2 unspecified atom stereocenters. The Hall–Kier alpha value is -1.46. The van der Waals surface area contributed by atoms with Crippen LogP contribution in [0.1, 0.15) is 11.6 Å². The van der Waals surface area contributed by atoms with Gasteiger partial charge in [-0.25, -0.2) is 4.39 Å². The topological polar surface area (TPSA) is 66.6 Å². The van der Waals surface area contributed by atoms with Gasteiger partial charge in [0, 0.05) is 0 Å². The van der Waals surface area contributed by atoms with E-state index in [9.17, 15) is 9.18 Å². The van der Waals surface area contributed by atoms with Crippen molar-refractivity contribution in [3.8, 4) is 0 Å². The Labute approximate surface area is 93.5 Å². The van der Waals surface area contributed by atoms with E-state index >= 15 is 0 Å². The molecule has 5 heteroatoms. The first-order valence-electron chi connectivity index (χ1n) is 4.83. The standard InChI is InChI=1S/C11H15FN2O2/c1-14(2)10(9(13)11(15)16)7-4-3-5-8(12)6-7/h3-6,9-10H,13H2,1-2H3,(H,15,16). The number of hydrogen-bond donors (Lipinski definition) is 2. The molecule has 0 heterocycles. The summed E-state index contributed by atoms with van der Waals surface area (Å²) in [6, 6.07) is 4.17. The maximum Gasteiger partial charge on any atom is 0.322 e. The van der Waals surface area contributed by atoms with Gasteiger partial charge in [0.1, 0.15) is 11.9 Å². The summed E-state index contributed by atoms with van der Waals surface area (Å²) >= 11 is 0. The predicted octanol–water partition coefficient (Wildman–Crippen LogP) is 0.840. The Morgan fingerprint density at radius 3 is 2.56 bits per heavy atom. The summed E-state index contributed by atoms with van der Waals surface area (Å²) in [4.78, 5) is 12.5. The van der Waals surface area contributed by atoms with E-state index in [4.69, 9.17) is 10.8 Å². The monoisotopic (exact) mass is 226 g/mol. The molecule has 0 aliphatic heterocycles. The highest BCUT2D eigenvalue weighted by atomic mass is 19.1. The van der Waals surface area contributed by atoms with Crippen molar-refractivity contribution in [3.63, 3.8) is 0 Å². The van der Waals surface area contributed by atoms with Gasteiger partial charge in [-0.3, -0.25) is 4.79 Å². The van der Waals surface area contributed by atoms with Gasteiger partial charge in [0.15, 0.2) is 0 Å². The van der Waals surface area contributed by atoms with Crippen LogP contribution in [-0.2, 0) is 4.79 Å². The molecule has 1 aromatic rings. The van der Waals surface area contributed by atoms with Crippen LogP contribution in [0.25, 0.3) is 0 Å². The van der Waals surface area contributed by atoms with Crippen molar-refractivity contribution in [1.29, 1.82) is 0 Å². The van der Waals surface area contributed by atoms with Crippen LogP contribution in [-0.4, -0.2) is 36.1 Å². The van der Waals surface area contributed by atoms with E-state index in [0.717, 1.165) is 0 Å². The summed E-state index contributed by atoms with van der Waals surface area (Å²) in [7, 11) is 3.41. The van der Waals surface area contributed by atoms with Gasteiger partial charge in [0.25, 0.3) is 0 Å². The largest absolute Gasteiger partial charge is 0.480 e. The van der Waals surface area contributed by atoms with Crippen LogP contribution in [0.4, 0.5) is 4.39 Å².